The molecule has 1 saturated heterocycles. The number of hydrogen-bond acceptors (Lipinski definition) is 5. The molecular weight excluding hydrogens is 216 g/mol. The van der Waals surface area contributed by atoms with E-state index in [0.29, 0.717) is 11.7 Å². The topological polar surface area (TPSA) is 75.3 Å². The second kappa shape index (κ2) is 3.85. The summed E-state index contributed by atoms with van der Waals surface area (Å²) in [4.78, 5) is 10.9. The summed E-state index contributed by atoms with van der Waals surface area (Å²) in [5.74, 6) is 1.52. The molecule has 0 bridgehead atoms. The lowest BCUT2D eigenvalue weighted by atomic mass is 10.0. The van der Waals surface area contributed by atoms with E-state index in [1.807, 2.05) is 24.3 Å². The molecule has 17 heavy (non-hydrogen) atoms. The highest BCUT2D eigenvalue weighted by atomic mass is 16.3. The zero-order valence-corrected chi connectivity index (χ0v) is 9.37. The summed E-state index contributed by atoms with van der Waals surface area (Å²) in [5.41, 5.74) is 7.57. The number of nitrogen functional groups attached to an aromatic ring is 1. The summed E-state index contributed by atoms with van der Waals surface area (Å²) in [6, 6.07) is 7.68. The van der Waals surface area contributed by atoms with Crippen molar-refractivity contribution in [3.63, 3.8) is 0 Å². The van der Waals surface area contributed by atoms with Crippen LogP contribution in [-0.2, 0) is 0 Å². The highest BCUT2D eigenvalue weighted by Crippen LogP contribution is 2.28. The van der Waals surface area contributed by atoms with E-state index in [1.54, 1.807) is 0 Å². The lowest BCUT2D eigenvalue weighted by Crippen LogP contribution is -2.49. The fourth-order valence-corrected chi connectivity index (χ4v) is 2.10. The van der Waals surface area contributed by atoms with Crippen molar-refractivity contribution >= 4 is 22.7 Å². The number of rotatable bonds is 2. The van der Waals surface area contributed by atoms with Crippen LogP contribution in [0.4, 0.5) is 11.6 Å². The van der Waals surface area contributed by atoms with Gasteiger partial charge in [-0.05, 0) is 12.1 Å². The number of para-hydroxylation sites is 2. The normalized spacial score (nSPS) is 16.2. The van der Waals surface area contributed by atoms with Gasteiger partial charge in [0, 0.05) is 25.6 Å². The highest BCUT2D eigenvalue weighted by Gasteiger charge is 2.28. The third kappa shape index (κ3) is 1.68. The summed E-state index contributed by atoms with van der Waals surface area (Å²) < 4.78 is 0. The van der Waals surface area contributed by atoms with Gasteiger partial charge in [-0.25, -0.2) is 9.97 Å². The van der Waals surface area contributed by atoms with E-state index in [-0.39, 0.29) is 6.61 Å². The summed E-state index contributed by atoms with van der Waals surface area (Å²) >= 11 is 0. The molecule has 1 aliphatic rings. The number of benzene rings is 1. The third-order valence-corrected chi connectivity index (χ3v) is 3.09. The Hall–Kier alpha value is -1.88. The number of nitrogens with two attached hydrogens (primary N) is 1. The number of aliphatic hydroxyl groups excluding tert-OH is 1. The molecule has 5 heteroatoms. The smallest absolute Gasteiger partial charge is 0.172 e. The Labute approximate surface area is 98.9 Å². The van der Waals surface area contributed by atoms with Crippen LogP contribution in [0.3, 0.4) is 0 Å². The fourth-order valence-electron chi connectivity index (χ4n) is 2.10. The van der Waals surface area contributed by atoms with Crippen LogP contribution in [0.2, 0.25) is 0 Å². The number of aromatic nitrogens is 2. The maximum absolute atomic E-state index is 9.00. The molecule has 2 aromatic rings. The lowest BCUT2D eigenvalue weighted by Gasteiger charge is -2.39. The minimum Gasteiger partial charge on any atom is -0.396 e. The van der Waals surface area contributed by atoms with Crippen LogP contribution in [0, 0.1) is 5.92 Å². The van der Waals surface area contributed by atoms with Crippen molar-refractivity contribution in [2.75, 3.05) is 30.3 Å². The van der Waals surface area contributed by atoms with Crippen LogP contribution < -0.4 is 10.6 Å². The second-order valence-corrected chi connectivity index (χ2v) is 4.37. The van der Waals surface area contributed by atoms with Gasteiger partial charge in [-0.3, -0.25) is 0 Å². The van der Waals surface area contributed by atoms with Crippen molar-refractivity contribution in [3.05, 3.63) is 24.3 Å². The van der Waals surface area contributed by atoms with E-state index < -0.39 is 0 Å². The zero-order valence-electron chi connectivity index (χ0n) is 9.37. The molecule has 0 amide bonds. The molecule has 3 N–H and O–H groups in total. The fraction of sp³-hybridized carbons (Fsp3) is 0.333. The Morgan fingerprint density at radius 1 is 1.24 bits per heavy atom. The molecule has 0 unspecified atom stereocenters. The van der Waals surface area contributed by atoms with Gasteiger partial charge in [-0.2, -0.15) is 0 Å². The van der Waals surface area contributed by atoms with Crippen LogP contribution in [-0.4, -0.2) is 34.8 Å². The minimum atomic E-state index is 0.220. The molecule has 0 atom stereocenters. The molecular formula is C12H14N4O. The van der Waals surface area contributed by atoms with Crippen molar-refractivity contribution in [1.82, 2.24) is 9.97 Å². The van der Waals surface area contributed by atoms with E-state index in [0.717, 1.165) is 29.9 Å². The van der Waals surface area contributed by atoms with Crippen LogP contribution in [0.15, 0.2) is 24.3 Å². The Kier molecular flexibility index (Phi) is 2.33. The van der Waals surface area contributed by atoms with Crippen molar-refractivity contribution in [3.8, 4) is 0 Å². The Bertz CT molecular complexity index is 551. The number of hydrogen-bond donors (Lipinski definition) is 2. The monoisotopic (exact) mass is 230 g/mol. The van der Waals surface area contributed by atoms with Gasteiger partial charge in [0.2, 0.25) is 0 Å². The van der Waals surface area contributed by atoms with E-state index in [2.05, 4.69) is 14.9 Å². The molecule has 0 spiro atoms. The first kappa shape index (κ1) is 10.3. The first-order valence-electron chi connectivity index (χ1n) is 5.66. The molecule has 5 nitrogen and oxygen atoms in total. The average molecular weight is 230 g/mol. The molecule has 1 aromatic carbocycles. The van der Waals surface area contributed by atoms with E-state index in [4.69, 9.17) is 10.8 Å². The molecule has 88 valence electrons. The number of aliphatic hydroxyl groups is 1. The van der Waals surface area contributed by atoms with Gasteiger partial charge in [0.25, 0.3) is 0 Å². The van der Waals surface area contributed by atoms with E-state index >= 15 is 0 Å². The van der Waals surface area contributed by atoms with Gasteiger partial charge in [0.15, 0.2) is 11.6 Å². The zero-order chi connectivity index (χ0) is 11.8. The first-order valence-corrected chi connectivity index (χ1v) is 5.66. The van der Waals surface area contributed by atoms with Gasteiger partial charge in [-0.1, -0.05) is 12.1 Å². The maximum atomic E-state index is 9.00. The summed E-state index contributed by atoms with van der Waals surface area (Å²) in [7, 11) is 0. The first-order chi connectivity index (χ1) is 8.28. The van der Waals surface area contributed by atoms with Crippen molar-refractivity contribution in [1.29, 1.82) is 0 Å². The average Bonchev–Trinajstić information content (AvgIpc) is 2.28. The minimum absolute atomic E-state index is 0.220. The van der Waals surface area contributed by atoms with Crippen LogP contribution in [0.5, 0.6) is 0 Å². The molecule has 1 aromatic heterocycles. The van der Waals surface area contributed by atoms with Gasteiger partial charge in [0.1, 0.15) is 0 Å². The molecule has 0 aliphatic carbocycles. The Balaban J connectivity index is 1.97. The van der Waals surface area contributed by atoms with Gasteiger partial charge >= 0.3 is 0 Å². The largest absolute Gasteiger partial charge is 0.396 e. The molecule has 1 aliphatic heterocycles. The number of nitrogens with zero attached hydrogens (tertiary/aromatic N) is 3. The Morgan fingerprint density at radius 2 is 1.88 bits per heavy atom. The van der Waals surface area contributed by atoms with Crippen molar-refractivity contribution in [2.24, 2.45) is 5.92 Å². The van der Waals surface area contributed by atoms with Crippen molar-refractivity contribution in [2.45, 2.75) is 0 Å². The predicted octanol–water partition coefficient (Wildman–Crippen LogP) is 0.640. The highest BCUT2D eigenvalue weighted by molar-refractivity contribution is 5.79. The molecule has 1 fully saturated rings. The number of anilines is 2. The Morgan fingerprint density at radius 3 is 2.53 bits per heavy atom. The number of fused-ring (bicyclic) bond motifs is 1. The van der Waals surface area contributed by atoms with E-state index in [9.17, 15) is 0 Å². The van der Waals surface area contributed by atoms with E-state index in [1.165, 1.54) is 0 Å². The predicted molar refractivity (Wildman–Crippen MR) is 66.7 cm³/mol. The molecule has 3 rings (SSSR count). The van der Waals surface area contributed by atoms with Crippen LogP contribution in [0.1, 0.15) is 0 Å². The van der Waals surface area contributed by atoms with Crippen LogP contribution >= 0.6 is 0 Å². The summed E-state index contributed by atoms with van der Waals surface area (Å²) in [6.45, 7) is 1.82. The molecule has 0 saturated carbocycles. The maximum Gasteiger partial charge on any atom is 0.172 e. The van der Waals surface area contributed by atoms with Gasteiger partial charge in [-0.15, -0.1) is 0 Å². The SMILES string of the molecule is Nc1nc2ccccc2nc1N1CC(CO)C1. The van der Waals surface area contributed by atoms with Gasteiger partial charge < -0.3 is 15.7 Å². The van der Waals surface area contributed by atoms with Crippen molar-refractivity contribution < 1.29 is 5.11 Å². The van der Waals surface area contributed by atoms with Crippen LogP contribution in [0.25, 0.3) is 11.0 Å². The lowest BCUT2D eigenvalue weighted by molar-refractivity contribution is 0.200. The summed E-state index contributed by atoms with van der Waals surface area (Å²) in [5, 5.41) is 9.00. The quantitative estimate of drug-likeness (QED) is 0.792. The molecule has 2 heterocycles. The second-order valence-electron chi connectivity index (χ2n) is 4.37. The third-order valence-electron chi connectivity index (χ3n) is 3.09. The molecule has 0 radical (unpaired) electrons. The summed E-state index contributed by atoms with van der Waals surface area (Å²) in [6.07, 6.45) is 0. The standard InChI is InChI=1S/C12H14N4O/c13-11-12(16-5-8(6-16)7-17)15-10-4-2-1-3-9(10)14-11/h1-4,8,17H,5-7H2,(H2,13,14). The van der Waals surface area contributed by atoms with Gasteiger partial charge in [0.05, 0.1) is 11.0 Å².